The molecule has 0 amide bonds. The number of fused-ring (bicyclic) bond motifs is 3. The van der Waals surface area contributed by atoms with Crippen molar-refractivity contribution in [2.75, 3.05) is 13.1 Å². The van der Waals surface area contributed by atoms with E-state index in [1.807, 2.05) is 12.1 Å². The van der Waals surface area contributed by atoms with Gasteiger partial charge in [0.25, 0.3) is 0 Å². The molecule has 6 rings (SSSR count). The van der Waals surface area contributed by atoms with Crippen LogP contribution in [0.3, 0.4) is 0 Å². The van der Waals surface area contributed by atoms with Crippen molar-refractivity contribution in [2.45, 2.75) is 50.7 Å². The van der Waals surface area contributed by atoms with Crippen molar-refractivity contribution in [2.24, 2.45) is 0 Å². The van der Waals surface area contributed by atoms with Crippen LogP contribution in [0.2, 0.25) is 0 Å². The second-order valence-corrected chi connectivity index (χ2v) is 8.66. The van der Waals surface area contributed by atoms with Gasteiger partial charge in [-0.15, -0.1) is 10.2 Å². The maximum atomic E-state index is 6.32. The Balaban J connectivity index is 1.19. The Labute approximate surface area is 181 Å². The molecule has 1 saturated heterocycles. The number of likely N-dealkylation sites (tertiary alicyclic amines) is 1. The summed E-state index contributed by atoms with van der Waals surface area (Å²) in [6.45, 7) is 2.32. The highest BCUT2D eigenvalue weighted by molar-refractivity contribution is 5.98. The van der Waals surface area contributed by atoms with E-state index in [0.29, 0.717) is 11.8 Å². The van der Waals surface area contributed by atoms with Crippen molar-refractivity contribution in [1.82, 2.24) is 29.7 Å². The summed E-state index contributed by atoms with van der Waals surface area (Å²) in [5.41, 5.74) is 3.37. The Kier molecular flexibility index (Phi) is 4.76. The van der Waals surface area contributed by atoms with Gasteiger partial charge in [0.1, 0.15) is 29.4 Å². The summed E-state index contributed by atoms with van der Waals surface area (Å²) >= 11 is 0. The largest absolute Gasteiger partial charge is 0.490 e. The molecule has 0 spiro atoms. The normalized spacial score (nSPS) is 18.8. The highest BCUT2D eigenvalue weighted by atomic mass is 16.5. The average Bonchev–Trinajstić information content (AvgIpc) is 3.52. The van der Waals surface area contributed by atoms with Gasteiger partial charge in [-0.05, 0) is 62.1 Å². The van der Waals surface area contributed by atoms with Crippen LogP contribution in [0.15, 0.2) is 48.9 Å². The van der Waals surface area contributed by atoms with Crippen LogP contribution in [0.4, 0.5) is 0 Å². The maximum Gasteiger partial charge on any atom is 0.203 e. The van der Waals surface area contributed by atoms with Crippen molar-refractivity contribution < 1.29 is 4.74 Å². The third kappa shape index (κ3) is 3.53. The summed E-state index contributed by atoms with van der Waals surface area (Å²) < 4.78 is 8.01. The van der Waals surface area contributed by atoms with Crippen LogP contribution in [0.1, 0.15) is 38.5 Å². The molecule has 7 heteroatoms. The van der Waals surface area contributed by atoms with Gasteiger partial charge < -0.3 is 9.64 Å². The van der Waals surface area contributed by atoms with Crippen LogP contribution in [0.5, 0.6) is 5.75 Å². The molecule has 0 bridgehead atoms. The molecule has 1 aliphatic heterocycles. The van der Waals surface area contributed by atoms with E-state index in [2.05, 4.69) is 44.3 Å². The number of hydrogen-bond acceptors (Lipinski definition) is 6. The molecule has 3 aromatic heterocycles. The van der Waals surface area contributed by atoms with Gasteiger partial charge in [0.05, 0.1) is 0 Å². The molecular formula is C24H26N6O. The SMILES string of the molecule is c1cnc2c(c1)c(-c1ccc(OC3CCN(C4CCCC4)CC3)cc1)nn1cnnc21. The van der Waals surface area contributed by atoms with Crippen molar-refractivity contribution in [3.63, 3.8) is 0 Å². The second kappa shape index (κ2) is 7.89. The smallest absolute Gasteiger partial charge is 0.203 e. The molecule has 7 nitrogen and oxygen atoms in total. The third-order valence-electron chi connectivity index (χ3n) is 6.76. The highest BCUT2D eigenvalue weighted by Gasteiger charge is 2.27. The zero-order valence-electron chi connectivity index (χ0n) is 17.5. The lowest BCUT2D eigenvalue weighted by Crippen LogP contribution is -2.43. The van der Waals surface area contributed by atoms with Crippen LogP contribution in [0.25, 0.3) is 27.8 Å². The van der Waals surface area contributed by atoms with Gasteiger partial charge in [-0.3, -0.25) is 4.98 Å². The summed E-state index contributed by atoms with van der Waals surface area (Å²) in [6.07, 6.45) is 11.5. The molecule has 2 fully saturated rings. The van der Waals surface area contributed by atoms with Gasteiger partial charge in [-0.2, -0.15) is 9.61 Å². The number of pyridine rings is 1. The van der Waals surface area contributed by atoms with Gasteiger partial charge in [-0.25, -0.2) is 0 Å². The molecular weight excluding hydrogens is 388 g/mol. The monoisotopic (exact) mass is 414 g/mol. The van der Waals surface area contributed by atoms with Crippen molar-refractivity contribution in [3.05, 3.63) is 48.9 Å². The summed E-state index contributed by atoms with van der Waals surface area (Å²) in [4.78, 5) is 7.19. The number of benzene rings is 1. The Hall–Kier alpha value is -3.06. The van der Waals surface area contributed by atoms with Gasteiger partial charge >= 0.3 is 0 Å². The van der Waals surface area contributed by atoms with Gasteiger partial charge in [-0.1, -0.05) is 12.8 Å². The first-order valence-corrected chi connectivity index (χ1v) is 11.3. The highest BCUT2D eigenvalue weighted by Crippen LogP contribution is 2.30. The first-order chi connectivity index (χ1) is 15.3. The summed E-state index contributed by atoms with van der Waals surface area (Å²) in [7, 11) is 0. The lowest BCUT2D eigenvalue weighted by molar-refractivity contribution is 0.0768. The van der Waals surface area contributed by atoms with E-state index in [9.17, 15) is 0 Å². The minimum atomic E-state index is 0.306. The number of ether oxygens (including phenoxy) is 1. The Bertz CT molecular complexity index is 1190. The fraction of sp³-hybridized carbons (Fsp3) is 0.417. The number of nitrogens with zero attached hydrogens (tertiary/aromatic N) is 6. The number of piperidine rings is 1. The van der Waals surface area contributed by atoms with Crippen LogP contribution in [0, 0.1) is 0 Å². The van der Waals surface area contributed by atoms with Crippen molar-refractivity contribution in [3.8, 4) is 17.0 Å². The minimum Gasteiger partial charge on any atom is -0.490 e. The molecule has 1 saturated carbocycles. The van der Waals surface area contributed by atoms with Gasteiger partial charge in [0.2, 0.25) is 5.65 Å². The molecule has 0 radical (unpaired) electrons. The molecule has 2 aliphatic rings. The summed E-state index contributed by atoms with van der Waals surface area (Å²) in [5, 5.41) is 13.8. The van der Waals surface area contributed by atoms with E-state index in [4.69, 9.17) is 9.84 Å². The molecule has 0 N–H and O–H groups in total. The van der Waals surface area contributed by atoms with Gasteiger partial charge in [0, 0.05) is 36.3 Å². The quantitative estimate of drug-likeness (QED) is 0.500. The van der Waals surface area contributed by atoms with Crippen LogP contribution < -0.4 is 4.74 Å². The average molecular weight is 415 g/mol. The first kappa shape index (κ1) is 18.7. The predicted octanol–water partition coefficient (Wildman–Crippen LogP) is 4.13. The second-order valence-electron chi connectivity index (χ2n) is 8.66. The van der Waals surface area contributed by atoms with E-state index in [1.165, 1.54) is 25.7 Å². The van der Waals surface area contributed by atoms with Crippen LogP contribution in [-0.2, 0) is 0 Å². The van der Waals surface area contributed by atoms with E-state index >= 15 is 0 Å². The lowest BCUT2D eigenvalue weighted by atomic mass is 10.0. The number of aromatic nitrogens is 5. The lowest BCUT2D eigenvalue weighted by Gasteiger charge is -2.36. The number of hydrogen-bond donors (Lipinski definition) is 0. The molecule has 1 aromatic carbocycles. The van der Waals surface area contributed by atoms with E-state index in [0.717, 1.165) is 59.9 Å². The third-order valence-corrected chi connectivity index (χ3v) is 6.76. The first-order valence-electron chi connectivity index (χ1n) is 11.3. The molecule has 4 aromatic rings. The molecule has 158 valence electrons. The van der Waals surface area contributed by atoms with E-state index in [1.54, 1.807) is 17.0 Å². The van der Waals surface area contributed by atoms with Crippen molar-refractivity contribution in [1.29, 1.82) is 0 Å². The topological polar surface area (TPSA) is 68.4 Å². The van der Waals surface area contributed by atoms with Crippen LogP contribution in [-0.4, -0.2) is 54.9 Å². The zero-order valence-corrected chi connectivity index (χ0v) is 17.5. The fourth-order valence-electron chi connectivity index (χ4n) is 5.12. The zero-order chi connectivity index (χ0) is 20.6. The Morgan fingerprint density at radius 3 is 2.55 bits per heavy atom. The Morgan fingerprint density at radius 2 is 1.74 bits per heavy atom. The minimum absolute atomic E-state index is 0.306. The summed E-state index contributed by atoms with van der Waals surface area (Å²) in [6, 6.07) is 13.0. The fourth-order valence-corrected chi connectivity index (χ4v) is 5.12. The molecule has 0 atom stereocenters. The van der Waals surface area contributed by atoms with Gasteiger partial charge in [0.15, 0.2) is 0 Å². The van der Waals surface area contributed by atoms with E-state index < -0.39 is 0 Å². The maximum absolute atomic E-state index is 6.32. The number of rotatable bonds is 4. The van der Waals surface area contributed by atoms with Crippen molar-refractivity contribution >= 4 is 16.6 Å². The van der Waals surface area contributed by atoms with E-state index in [-0.39, 0.29) is 0 Å². The Morgan fingerprint density at radius 1 is 0.935 bits per heavy atom. The molecule has 1 aliphatic carbocycles. The summed E-state index contributed by atoms with van der Waals surface area (Å²) in [5.74, 6) is 0.927. The standard InChI is InChI=1S/C24H26N6O/c1-2-5-18(4-1)29-14-11-20(12-15-29)31-19-9-7-17(8-10-19)22-21-6-3-13-25-23(21)24-27-26-16-30(24)28-22/h3,6-10,13,16,18,20H,1-2,4-5,11-12,14-15H2. The molecule has 0 unspecified atom stereocenters. The van der Waals surface area contributed by atoms with Crippen LogP contribution >= 0.6 is 0 Å². The molecule has 4 heterocycles. The predicted molar refractivity (Wildman–Crippen MR) is 119 cm³/mol. The molecule has 31 heavy (non-hydrogen) atoms.